The number of likely N-dealkylation sites (tertiary alicyclic amines) is 1. The van der Waals surface area contributed by atoms with Gasteiger partial charge in [-0.15, -0.1) is 0 Å². The molecule has 3 nitrogen and oxygen atoms in total. The summed E-state index contributed by atoms with van der Waals surface area (Å²) < 4.78 is 0. The zero-order valence-electron chi connectivity index (χ0n) is 8.68. The monoisotopic (exact) mass is 184 g/mol. The van der Waals surface area contributed by atoms with Crippen molar-refractivity contribution in [3.05, 3.63) is 0 Å². The van der Waals surface area contributed by atoms with Crippen molar-refractivity contribution in [3.8, 4) is 0 Å². The minimum Gasteiger partial charge on any atom is -0.356 e. The molecule has 1 amide bonds. The normalized spacial score (nSPS) is 20.2. The molecule has 0 atom stereocenters. The lowest BCUT2D eigenvalue weighted by atomic mass is 9.97. The average Bonchev–Trinajstić information content (AvgIpc) is 2.16. The standard InChI is InChI=1S/C10H20N2O/c1-3-10(13)11-8-9-4-6-12(2)7-5-9/h9H,3-8H2,1-2H3,(H,11,13). The number of hydrogen-bond acceptors (Lipinski definition) is 2. The Balaban J connectivity index is 2.12. The van der Waals surface area contributed by atoms with E-state index in [0.717, 1.165) is 6.54 Å². The summed E-state index contributed by atoms with van der Waals surface area (Å²) >= 11 is 0. The van der Waals surface area contributed by atoms with E-state index < -0.39 is 0 Å². The van der Waals surface area contributed by atoms with Crippen LogP contribution in [-0.2, 0) is 4.79 Å². The van der Waals surface area contributed by atoms with Crippen LogP contribution in [0, 0.1) is 5.92 Å². The maximum Gasteiger partial charge on any atom is 0.219 e. The third kappa shape index (κ3) is 3.77. The van der Waals surface area contributed by atoms with Crippen LogP contribution in [0.15, 0.2) is 0 Å². The van der Waals surface area contributed by atoms with E-state index in [9.17, 15) is 4.79 Å². The van der Waals surface area contributed by atoms with E-state index in [-0.39, 0.29) is 5.91 Å². The first-order valence-corrected chi connectivity index (χ1v) is 5.17. The van der Waals surface area contributed by atoms with E-state index in [2.05, 4.69) is 17.3 Å². The molecule has 0 spiro atoms. The summed E-state index contributed by atoms with van der Waals surface area (Å²) in [5.74, 6) is 0.880. The largest absolute Gasteiger partial charge is 0.356 e. The number of carbonyl (C=O) groups excluding carboxylic acids is 1. The molecule has 0 saturated carbocycles. The summed E-state index contributed by atoms with van der Waals surface area (Å²) in [5, 5.41) is 2.96. The molecule has 1 N–H and O–H groups in total. The molecule has 0 radical (unpaired) electrons. The van der Waals surface area contributed by atoms with E-state index >= 15 is 0 Å². The van der Waals surface area contributed by atoms with Gasteiger partial charge in [0.1, 0.15) is 0 Å². The number of rotatable bonds is 3. The van der Waals surface area contributed by atoms with Gasteiger partial charge in [0.25, 0.3) is 0 Å². The molecular formula is C10H20N2O. The van der Waals surface area contributed by atoms with Gasteiger partial charge in [0.05, 0.1) is 0 Å². The van der Waals surface area contributed by atoms with Crippen LogP contribution < -0.4 is 5.32 Å². The van der Waals surface area contributed by atoms with Gasteiger partial charge in [-0.1, -0.05) is 6.92 Å². The Morgan fingerprint density at radius 1 is 1.46 bits per heavy atom. The Labute approximate surface area is 80.5 Å². The van der Waals surface area contributed by atoms with E-state index in [0.29, 0.717) is 12.3 Å². The summed E-state index contributed by atoms with van der Waals surface area (Å²) in [4.78, 5) is 13.3. The van der Waals surface area contributed by atoms with Crippen molar-refractivity contribution < 1.29 is 4.79 Å². The molecule has 1 rings (SSSR count). The van der Waals surface area contributed by atoms with Crippen molar-refractivity contribution in [1.29, 1.82) is 0 Å². The first kappa shape index (κ1) is 10.5. The molecule has 1 aliphatic heterocycles. The minimum absolute atomic E-state index is 0.180. The highest BCUT2D eigenvalue weighted by atomic mass is 16.1. The number of nitrogens with one attached hydrogen (secondary N) is 1. The van der Waals surface area contributed by atoms with Gasteiger partial charge in [0, 0.05) is 13.0 Å². The van der Waals surface area contributed by atoms with Crippen molar-refractivity contribution in [1.82, 2.24) is 10.2 Å². The fourth-order valence-corrected chi connectivity index (χ4v) is 1.65. The molecule has 1 saturated heterocycles. The summed E-state index contributed by atoms with van der Waals surface area (Å²) in [7, 11) is 2.15. The highest BCUT2D eigenvalue weighted by Gasteiger charge is 2.16. The fourth-order valence-electron chi connectivity index (χ4n) is 1.65. The van der Waals surface area contributed by atoms with E-state index in [1.54, 1.807) is 0 Å². The molecule has 3 heteroatoms. The molecule has 1 fully saturated rings. The fraction of sp³-hybridized carbons (Fsp3) is 0.900. The van der Waals surface area contributed by atoms with Gasteiger partial charge in [0.2, 0.25) is 5.91 Å². The predicted molar refractivity (Wildman–Crippen MR) is 53.5 cm³/mol. The molecule has 1 aliphatic rings. The van der Waals surface area contributed by atoms with Crippen LogP contribution in [0.5, 0.6) is 0 Å². The van der Waals surface area contributed by atoms with Gasteiger partial charge in [-0.2, -0.15) is 0 Å². The van der Waals surface area contributed by atoms with E-state index in [4.69, 9.17) is 0 Å². The van der Waals surface area contributed by atoms with Crippen LogP contribution in [0.4, 0.5) is 0 Å². The highest BCUT2D eigenvalue weighted by Crippen LogP contribution is 2.14. The number of piperidine rings is 1. The number of carbonyl (C=O) groups is 1. The second-order valence-electron chi connectivity index (χ2n) is 3.90. The molecule has 0 aromatic rings. The lowest BCUT2D eigenvalue weighted by Crippen LogP contribution is -2.36. The van der Waals surface area contributed by atoms with Crippen LogP contribution in [0.25, 0.3) is 0 Å². The molecule has 0 bridgehead atoms. The van der Waals surface area contributed by atoms with Crippen LogP contribution in [0.3, 0.4) is 0 Å². The van der Waals surface area contributed by atoms with E-state index in [1.165, 1.54) is 25.9 Å². The minimum atomic E-state index is 0.180. The first-order chi connectivity index (χ1) is 6.22. The Bertz CT molecular complexity index is 162. The van der Waals surface area contributed by atoms with Crippen LogP contribution >= 0.6 is 0 Å². The van der Waals surface area contributed by atoms with Crippen LogP contribution in [0.1, 0.15) is 26.2 Å². The third-order valence-corrected chi connectivity index (χ3v) is 2.75. The molecule has 0 unspecified atom stereocenters. The van der Waals surface area contributed by atoms with Crippen molar-refractivity contribution in [3.63, 3.8) is 0 Å². The molecule has 0 aliphatic carbocycles. The topological polar surface area (TPSA) is 32.3 Å². The zero-order valence-corrected chi connectivity index (χ0v) is 8.68. The third-order valence-electron chi connectivity index (χ3n) is 2.75. The van der Waals surface area contributed by atoms with Crippen LogP contribution in [-0.4, -0.2) is 37.5 Å². The molecule has 13 heavy (non-hydrogen) atoms. The lowest BCUT2D eigenvalue weighted by molar-refractivity contribution is -0.121. The number of hydrogen-bond donors (Lipinski definition) is 1. The summed E-state index contributed by atoms with van der Waals surface area (Å²) in [6, 6.07) is 0. The van der Waals surface area contributed by atoms with Gasteiger partial charge in [0.15, 0.2) is 0 Å². The smallest absolute Gasteiger partial charge is 0.219 e. The quantitative estimate of drug-likeness (QED) is 0.705. The highest BCUT2D eigenvalue weighted by molar-refractivity contribution is 5.75. The van der Waals surface area contributed by atoms with Gasteiger partial charge >= 0.3 is 0 Å². The number of amides is 1. The van der Waals surface area contributed by atoms with Crippen molar-refractivity contribution in [2.45, 2.75) is 26.2 Å². The summed E-state index contributed by atoms with van der Waals surface area (Å²) in [6.07, 6.45) is 3.05. The zero-order chi connectivity index (χ0) is 9.68. The van der Waals surface area contributed by atoms with Gasteiger partial charge < -0.3 is 10.2 Å². The average molecular weight is 184 g/mol. The van der Waals surface area contributed by atoms with Crippen molar-refractivity contribution >= 4 is 5.91 Å². The van der Waals surface area contributed by atoms with Gasteiger partial charge in [-0.05, 0) is 38.9 Å². The summed E-state index contributed by atoms with van der Waals surface area (Å²) in [5.41, 5.74) is 0. The van der Waals surface area contributed by atoms with Crippen LogP contribution in [0.2, 0.25) is 0 Å². The second kappa shape index (κ2) is 5.22. The van der Waals surface area contributed by atoms with Gasteiger partial charge in [-0.25, -0.2) is 0 Å². The van der Waals surface area contributed by atoms with Crippen molar-refractivity contribution in [2.24, 2.45) is 5.92 Å². The first-order valence-electron chi connectivity index (χ1n) is 5.17. The van der Waals surface area contributed by atoms with Crippen molar-refractivity contribution in [2.75, 3.05) is 26.7 Å². The Kier molecular flexibility index (Phi) is 4.22. The molecule has 1 heterocycles. The molecule has 76 valence electrons. The maximum atomic E-state index is 11.0. The number of nitrogens with zero attached hydrogens (tertiary/aromatic N) is 1. The molecule has 0 aromatic heterocycles. The SMILES string of the molecule is CCC(=O)NCC1CCN(C)CC1. The van der Waals surface area contributed by atoms with Gasteiger partial charge in [-0.3, -0.25) is 4.79 Å². The Hall–Kier alpha value is -0.570. The Morgan fingerprint density at radius 2 is 2.08 bits per heavy atom. The molecule has 0 aromatic carbocycles. The second-order valence-corrected chi connectivity index (χ2v) is 3.90. The van der Waals surface area contributed by atoms with E-state index in [1.807, 2.05) is 6.92 Å². The summed E-state index contributed by atoms with van der Waals surface area (Å²) in [6.45, 7) is 5.11. The molecular weight excluding hydrogens is 164 g/mol. The predicted octanol–water partition coefficient (Wildman–Crippen LogP) is 0.854. The maximum absolute atomic E-state index is 11.0. The Morgan fingerprint density at radius 3 is 2.62 bits per heavy atom. The lowest BCUT2D eigenvalue weighted by Gasteiger charge is -2.28.